The highest BCUT2D eigenvalue weighted by molar-refractivity contribution is 7.47. The predicted molar refractivity (Wildman–Crippen MR) is 263 cm³/mol. The van der Waals surface area contributed by atoms with Crippen molar-refractivity contribution in [3.63, 3.8) is 0 Å². The molecule has 11 nitrogen and oxygen atoms in total. The second kappa shape index (κ2) is 47.0. The Hall–Kier alpha value is -2.56. The van der Waals surface area contributed by atoms with Gasteiger partial charge in [-0.2, -0.15) is 0 Å². The van der Waals surface area contributed by atoms with Crippen LogP contribution in [-0.2, 0) is 32.7 Å². The molecule has 1 amide bonds. The van der Waals surface area contributed by atoms with Gasteiger partial charge in [0.25, 0.3) is 0 Å². The fourth-order valence-corrected chi connectivity index (χ4v) is 7.91. The zero-order chi connectivity index (χ0) is 47.0. The Morgan fingerprint density at radius 2 is 0.875 bits per heavy atom. The Bertz CT molecular complexity index is 1270. The van der Waals surface area contributed by atoms with Crippen LogP contribution < -0.4 is 5.32 Å². The largest absolute Gasteiger partial charge is 0.480 e. The molecule has 0 saturated carbocycles. The molecule has 0 saturated heterocycles. The molecule has 0 aromatic carbocycles. The number of carbonyl (C=O) groups excluding carboxylic acids is 2. The minimum Gasteiger partial charge on any atom is -0.480 e. The molecular weight excluding hydrogens is 830 g/mol. The summed E-state index contributed by atoms with van der Waals surface area (Å²) in [7, 11) is -4.77. The summed E-state index contributed by atoms with van der Waals surface area (Å²) in [5, 5.41) is 21.9. The number of phosphoric acid groups is 1. The monoisotopic (exact) mass is 924 g/mol. The number of allylic oxidation sites excluding steroid dienone is 8. The summed E-state index contributed by atoms with van der Waals surface area (Å²) >= 11 is 0. The van der Waals surface area contributed by atoms with Gasteiger partial charge in [-0.25, -0.2) is 9.36 Å². The van der Waals surface area contributed by atoms with Gasteiger partial charge in [-0.3, -0.25) is 18.6 Å². The molecule has 4 N–H and O–H groups in total. The highest BCUT2D eigenvalue weighted by atomic mass is 31.2. The first-order valence-electron chi connectivity index (χ1n) is 25.7. The normalized spacial score (nSPS) is 13.9. The van der Waals surface area contributed by atoms with E-state index in [1.807, 2.05) is 12.2 Å². The number of hydrogen-bond donors (Lipinski definition) is 4. The standard InChI is InChI=1S/C52H94NO10P/c1-3-5-7-9-11-13-15-17-19-21-22-23-24-25-26-28-29-31-33-35-37-39-41-43-50(55)53-49(52(57)58)47-63-64(59,60)62-46-48(54)45-61-51(56)44-42-40-38-36-34-32-30-27-20-18-16-14-12-10-8-6-4-2/h12,14,18,20,30,32,36,38,48-49,54H,3-11,13,15-17,19,21-29,31,33-35,37,39-47H2,1-2H3,(H,53,55)(H,57,58)(H,59,60)/b14-12-,20-18-,32-30-,38-36-. The van der Waals surface area contributed by atoms with Crippen LogP contribution in [0.3, 0.4) is 0 Å². The van der Waals surface area contributed by atoms with Crippen LogP contribution in [0, 0.1) is 0 Å². The molecule has 0 spiro atoms. The maximum absolute atomic E-state index is 12.4. The number of hydrogen-bond acceptors (Lipinski definition) is 8. The van der Waals surface area contributed by atoms with E-state index in [4.69, 9.17) is 13.8 Å². The van der Waals surface area contributed by atoms with Gasteiger partial charge in [-0.05, 0) is 51.4 Å². The van der Waals surface area contributed by atoms with Crippen LogP contribution in [0.1, 0.15) is 232 Å². The van der Waals surface area contributed by atoms with Gasteiger partial charge in [-0.15, -0.1) is 0 Å². The molecule has 0 bridgehead atoms. The molecule has 0 aliphatic heterocycles. The number of ether oxygens (including phenoxy) is 1. The van der Waals surface area contributed by atoms with Crippen molar-refractivity contribution in [3.05, 3.63) is 48.6 Å². The van der Waals surface area contributed by atoms with Crippen molar-refractivity contribution in [1.82, 2.24) is 5.32 Å². The first kappa shape index (κ1) is 61.4. The average Bonchev–Trinajstić information content (AvgIpc) is 3.27. The van der Waals surface area contributed by atoms with E-state index in [0.717, 1.165) is 44.9 Å². The van der Waals surface area contributed by atoms with Crippen molar-refractivity contribution >= 4 is 25.7 Å². The molecule has 0 rings (SSSR count). The lowest BCUT2D eigenvalue weighted by atomic mass is 10.0. The fraction of sp³-hybridized carbons (Fsp3) is 0.788. The van der Waals surface area contributed by atoms with E-state index in [1.54, 1.807) is 0 Å². The van der Waals surface area contributed by atoms with E-state index < -0.39 is 57.6 Å². The van der Waals surface area contributed by atoms with Gasteiger partial charge in [0.05, 0.1) is 13.2 Å². The van der Waals surface area contributed by atoms with Gasteiger partial charge in [0.1, 0.15) is 12.7 Å². The maximum Gasteiger partial charge on any atom is 0.472 e. The Kier molecular flexibility index (Phi) is 45.1. The van der Waals surface area contributed by atoms with Crippen LogP contribution in [0.4, 0.5) is 0 Å². The van der Waals surface area contributed by atoms with Gasteiger partial charge in [0.2, 0.25) is 5.91 Å². The second-order valence-corrected chi connectivity index (χ2v) is 18.8. The van der Waals surface area contributed by atoms with E-state index in [9.17, 15) is 34.1 Å². The predicted octanol–water partition coefficient (Wildman–Crippen LogP) is 14.1. The number of nitrogens with one attached hydrogen (secondary N) is 1. The van der Waals surface area contributed by atoms with Crippen molar-refractivity contribution in [2.45, 2.75) is 244 Å². The summed E-state index contributed by atoms with van der Waals surface area (Å²) in [5.74, 6) is -2.42. The number of esters is 1. The Labute approximate surface area is 390 Å². The number of aliphatic hydroxyl groups is 1. The molecule has 3 atom stereocenters. The highest BCUT2D eigenvalue weighted by Gasteiger charge is 2.28. The van der Waals surface area contributed by atoms with E-state index in [2.05, 4.69) is 55.6 Å². The Morgan fingerprint density at radius 1 is 0.500 bits per heavy atom. The second-order valence-electron chi connectivity index (χ2n) is 17.4. The molecule has 64 heavy (non-hydrogen) atoms. The molecule has 0 aromatic rings. The lowest BCUT2D eigenvalue weighted by molar-refractivity contribution is -0.147. The van der Waals surface area contributed by atoms with E-state index in [-0.39, 0.29) is 12.8 Å². The van der Waals surface area contributed by atoms with Crippen molar-refractivity contribution in [2.75, 3.05) is 19.8 Å². The molecule has 0 aliphatic rings. The zero-order valence-electron chi connectivity index (χ0n) is 40.6. The molecule has 0 fully saturated rings. The molecule has 0 heterocycles. The maximum atomic E-state index is 12.4. The van der Waals surface area contributed by atoms with Crippen LogP contribution in [0.15, 0.2) is 48.6 Å². The van der Waals surface area contributed by atoms with Crippen molar-refractivity contribution in [3.8, 4) is 0 Å². The summed E-state index contributed by atoms with van der Waals surface area (Å²) in [4.78, 5) is 46.1. The van der Waals surface area contributed by atoms with Crippen LogP contribution in [0.2, 0.25) is 0 Å². The number of carboxylic acid groups (broad SMARTS) is 1. The molecule has 0 radical (unpaired) electrons. The molecule has 12 heteroatoms. The van der Waals surface area contributed by atoms with E-state index in [1.165, 1.54) is 141 Å². The number of rotatable bonds is 48. The number of unbranched alkanes of at least 4 members (excludes halogenated alkanes) is 26. The summed E-state index contributed by atoms with van der Waals surface area (Å²) in [6.45, 7) is 2.54. The van der Waals surface area contributed by atoms with Gasteiger partial charge < -0.3 is 25.2 Å². The summed E-state index contributed by atoms with van der Waals surface area (Å²) in [6, 6.07) is -1.55. The van der Waals surface area contributed by atoms with Crippen molar-refractivity contribution in [1.29, 1.82) is 0 Å². The SMILES string of the molecule is CCCCC/C=C\C/C=C\C/C=C\C/C=C\CCCC(=O)OCC(O)COP(=O)(O)OCC(NC(=O)CCCCCCCCCCCCCCCCCCCCCCCCC)C(=O)O. The van der Waals surface area contributed by atoms with Crippen LogP contribution in [0.25, 0.3) is 0 Å². The Balaban J connectivity index is 3.86. The summed E-state index contributed by atoms with van der Waals surface area (Å²) in [5.41, 5.74) is 0. The quantitative estimate of drug-likeness (QED) is 0.0199. The lowest BCUT2D eigenvalue weighted by Gasteiger charge is -2.18. The molecule has 0 aromatic heterocycles. The summed E-state index contributed by atoms with van der Waals surface area (Å²) < 4.78 is 26.9. The van der Waals surface area contributed by atoms with Crippen molar-refractivity contribution < 1.29 is 47.8 Å². The number of aliphatic hydroxyl groups excluding tert-OH is 1. The Morgan fingerprint density at radius 3 is 1.31 bits per heavy atom. The molecular formula is C52H94NO10P. The van der Waals surface area contributed by atoms with Crippen LogP contribution in [0.5, 0.6) is 0 Å². The van der Waals surface area contributed by atoms with Crippen LogP contribution >= 0.6 is 7.82 Å². The number of carbonyl (C=O) groups is 3. The van der Waals surface area contributed by atoms with Gasteiger partial charge in [0.15, 0.2) is 6.04 Å². The van der Waals surface area contributed by atoms with Gasteiger partial charge >= 0.3 is 19.8 Å². The third-order valence-electron chi connectivity index (χ3n) is 11.1. The van der Waals surface area contributed by atoms with Gasteiger partial charge in [-0.1, -0.05) is 217 Å². The number of aliphatic carboxylic acids is 1. The number of carboxylic acids is 1. The zero-order valence-corrected chi connectivity index (χ0v) is 41.5. The van der Waals surface area contributed by atoms with E-state index >= 15 is 0 Å². The minimum absolute atomic E-state index is 0.145. The summed E-state index contributed by atoms with van der Waals surface area (Å²) in [6.07, 6.45) is 54.3. The first-order chi connectivity index (χ1) is 31.1. The third-order valence-corrected chi connectivity index (χ3v) is 12.1. The average molecular weight is 924 g/mol. The fourth-order valence-electron chi connectivity index (χ4n) is 7.13. The molecule has 3 unspecified atom stereocenters. The first-order valence-corrected chi connectivity index (χ1v) is 27.2. The number of amides is 1. The van der Waals surface area contributed by atoms with Crippen LogP contribution in [-0.4, -0.2) is 64.9 Å². The number of phosphoric ester groups is 1. The van der Waals surface area contributed by atoms with Gasteiger partial charge in [0, 0.05) is 12.8 Å². The van der Waals surface area contributed by atoms with Crippen molar-refractivity contribution in [2.24, 2.45) is 0 Å². The lowest BCUT2D eigenvalue weighted by Crippen LogP contribution is -2.43. The minimum atomic E-state index is -4.77. The molecule has 372 valence electrons. The van der Waals surface area contributed by atoms with E-state index in [0.29, 0.717) is 19.3 Å². The molecule has 0 aliphatic carbocycles. The topological polar surface area (TPSA) is 169 Å². The highest BCUT2D eigenvalue weighted by Crippen LogP contribution is 2.43. The smallest absolute Gasteiger partial charge is 0.472 e. The third kappa shape index (κ3) is 46.0.